The number of anilines is 1. The number of hydrogen-bond donors (Lipinski definition) is 2. The van der Waals surface area contributed by atoms with Gasteiger partial charge >= 0.3 is 5.97 Å². The monoisotopic (exact) mass is 410 g/mol. The molecule has 158 valence electrons. The highest BCUT2D eigenvalue weighted by atomic mass is 16.5. The Morgan fingerprint density at radius 3 is 2.90 bits per heavy atom. The normalized spacial score (nSPS) is 21.5. The number of rotatable bonds is 5. The zero-order valence-corrected chi connectivity index (χ0v) is 17.0. The summed E-state index contributed by atoms with van der Waals surface area (Å²) in [4.78, 5) is 25.4. The van der Waals surface area contributed by atoms with Crippen molar-refractivity contribution in [3.05, 3.63) is 59.2 Å². The number of benzene rings is 2. The number of likely N-dealkylation sites (tertiary alicyclic amines) is 1. The van der Waals surface area contributed by atoms with E-state index in [1.54, 1.807) is 6.07 Å². The number of nitrogens with zero attached hydrogens (tertiary/aromatic N) is 1. The molecule has 0 spiro atoms. The van der Waals surface area contributed by atoms with Gasteiger partial charge in [-0.05, 0) is 54.3 Å². The number of ether oxygens (including phenoxy) is 2. The summed E-state index contributed by atoms with van der Waals surface area (Å²) in [5, 5.41) is 13.5. The van der Waals surface area contributed by atoms with Crippen LogP contribution in [-0.4, -0.2) is 54.3 Å². The summed E-state index contributed by atoms with van der Waals surface area (Å²) in [6.07, 6.45) is 0.988. The Balaban J connectivity index is 1.35. The number of esters is 1. The molecule has 0 unspecified atom stereocenters. The van der Waals surface area contributed by atoms with Crippen LogP contribution < -0.4 is 10.1 Å². The molecule has 7 heteroatoms. The van der Waals surface area contributed by atoms with E-state index in [1.165, 1.54) is 7.11 Å². The molecule has 2 aromatic carbocycles. The fourth-order valence-corrected chi connectivity index (χ4v) is 4.04. The highest BCUT2D eigenvalue weighted by Gasteiger charge is 2.29. The second kappa shape index (κ2) is 8.85. The minimum absolute atomic E-state index is 0.0380. The standard InChI is InChI=1S/C23H26N2O5/c1-29-23(28)17-4-2-3-15(11-17)13-25-10-9-21(20(26)14-25)30-18-6-7-19-16(12-18)5-8-22(27)24-19/h2-4,6-7,11-12,20-21,26H,5,8-10,13-14H2,1H3,(H,24,27)/t20-,21-/m1/s1. The van der Waals surface area contributed by atoms with Crippen molar-refractivity contribution in [3.63, 3.8) is 0 Å². The first-order valence-corrected chi connectivity index (χ1v) is 10.2. The van der Waals surface area contributed by atoms with Crippen LogP contribution in [0.2, 0.25) is 0 Å². The number of methoxy groups -OCH3 is 1. The van der Waals surface area contributed by atoms with Crippen LogP contribution in [0.3, 0.4) is 0 Å². The van der Waals surface area contributed by atoms with Crippen LogP contribution in [-0.2, 0) is 22.5 Å². The summed E-state index contributed by atoms with van der Waals surface area (Å²) in [5.41, 5.74) is 3.42. The van der Waals surface area contributed by atoms with E-state index in [4.69, 9.17) is 9.47 Å². The van der Waals surface area contributed by atoms with Crippen molar-refractivity contribution in [1.29, 1.82) is 0 Å². The predicted octanol–water partition coefficient (Wildman–Crippen LogP) is 2.37. The summed E-state index contributed by atoms with van der Waals surface area (Å²) >= 11 is 0. The van der Waals surface area contributed by atoms with Gasteiger partial charge in [0.25, 0.3) is 0 Å². The highest BCUT2D eigenvalue weighted by Crippen LogP contribution is 2.28. The van der Waals surface area contributed by atoms with E-state index in [2.05, 4.69) is 10.2 Å². The molecule has 1 saturated heterocycles. The van der Waals surface area contributed by atoms with Crippen molar-refractivity contribution in [1.82, 2.24) is 4.90 Å². The summed E-state index contributed by atoms with van der Waals surface area (Å²) in [6, 6.07) is 13.0. The van der Waals surface area contributed by atoms with Gasteiger partial charge in [-0.2, -0.15) is 0 Å². The quantitative estimate of drug-likeness (QED) is 0.736. The van der Waals surface area contributed by atoms with E-state index in [9.17, 15) is 14.7 Å². The number of carbonyl (C=O) groups excluding carboxylic acids is 2. The SMILES string of the molecule is COC(=O)c1cccc(CN2CC[C@@H](Oc3ccc4c(c3)CCC(=O)N4)[C@H](O)C2)c1. The Morgan fingerprint density at radius 2 is 2.10 bits per heavy atom. The Hall–Kier alpha value is -2.90. The summed E-state index contributed by atoms with van der Waals surface area (Å²) in [5.74, 6) is 0.401. The molecular formula is C23H26N2O5. The molecule has 1 fully saturated rings. The number of fused-ring (bicyclic) bond motifs is 1. The summed E-state index contributed by atoms with van der Waals surface area (Å²) in [6.45, 7) is 1.92. The van der Waals surface area contributed by atoms with Crippen molar-refractivity contribution in [2.75, 3.05) is 25.5 Å². The van der Waals surface area contributed by atoms with Gasteiger partial charge in [-0.1, -0.05) is 12.1 Å². The van der Waals surface area contributed by atoms with Crippen LogP contribution in [0.5, 0.6) is 5.75 Å². The van der Waals surface area contributed by atoms with Gasteiger partial charge in [0.1, 0.15) is 18.0 Å². The third-order valence-corrected chi connectivity index (χ3v) is 5.62. The lowest BCUT2D eigenvalue weighted by Gasteiger charge is -2.36. The zero-order valence-electron chi connectivity index (χ0n) is 17.0. The van der Waals surface area contributed by atoms with Gasteiger partial charge in [0.2, 0.25) is 5.91 Å². The average Bonchev–Trinajstić information content (AvgIpc) is 2.75. The second-order valence-corrected chi connectivity index (χ2v) is 7.81. The molecule has 0 radical (unpaired) electrons. The predicted molar refractivity (Wildman–Crippen MR) is 111 cm³/mol. The van der Waals surface area contributed by atoms with Crippen molar-refractivity contribution >= 4 is 17.6 Å². The minimum atomic E-state index is -0.613. The number of aliphatic hydroxyl groups excluding tert-OH is 1. The van der Waals surface area contributed by atoms with Crippen molar-refractivity contribution < 1.29 is 24.2 Å². The molecule has 0 aromatic heterocycles. The third-order valence-electron chi connectivity index (χ3n) is 5.62. The maximum Gasteiger partial charge on any atom is 0.337 e. The number of piperidine rings is 1. The van der Waals surface area contributed by atoms with E-state index in [0.717, 1.165) is 23.4 Å². The molecule has 0 saturated carbocycles. The zero-order chi connectivity index (χ0) is 21.1. The smallest absolute Gasteiger partial charge is 0.337 e. The first-order chi connectivity index (χ1) is 14.5. The van der Waals surface area contributed by atoms with Crippen LogP contribution in [0.25, 0.3) is 0 Å². The topological polar surface area (TPSA) is 88.1 Å². The van der Waals surface area contributed by atoms with Crippen molar-refractivity contribution in [2.45, 2.75) is 38.0 Å². The molecule has 0 aliphatic carbocycles. The van der Waals surface area contributed by atoms with Crippen LogP contribution >= 0.6 is 0 Å². The van der Waals surface area contributed by atoms with E-state index in [0.29, 0.717) is 43.7 Å². The third kappa shape index (κ3) is 4.63. The van der Waals surface area contributed by atoms with E-state index < -0.39 is 6.10 Å². The average molecular weight is 410 g/mol. The lowest BCUT2D eigenvalue weighted by Crippen LogP contribution is -2.48. The van der Waals surface area contributed by atoms with Gasteiger partial charge in [0.05, 0.1) is 12.7 Å². The molecule has 2 N–H and O–H groups in total. The molecule has 30 heavy (non-hydrogen) atoms. The van der Waals surface area contributed by atoms with E-state index >= 15 is 0 Å². The summed E-state index contributed by atoms with van der Waals surface area (Å²) in [7, 11) is 1.37. The number of aryl methyl sites for hydroxylation is 1. The Bertz CT molecular complexity index is 945. The molecule has 4 rings (SSSR count). The largest absolute Gasteiger partial charge is 0.488 e. The number of hydrogen-bond acceptors (Lipinski definition) is 6. The maximum absolute atomic E-state index is 11.7. The molecule has 0 bridgehead atoms. The minimum Gasteiger partial charge on any atom is -0.488 e. The molecule has 7 nitrogen and oxygen atoms in total. The van der Waals surface area contributed by atoms with Crippen molar-refractivity contribution in [2.24, 2.45) is 0 Å². The van der Waals surface area contributed by atoms with E-state index in [1.807, 2.05) is 36.4 Å². The maximum atomic E-state index is 11.7. The van der Waals surface area contributed by atoms with Crippen LogP contribution in [0, 0.1) is 0 Å². The first-order valence-electron chi connectivity index (χ1n) is 10.2. The fourth-order valence-electron chi connectivity index (χ4n) is 4.04. The van der Waals surface area contributed by atoms with Gasteiger partial charge in [0.15, 0.2) is 0 Å². The van der Waals surface area contributed by atoms with E-state index in [-0.39, 0.29) is 18.0 Å². The van der Waals surface area contributed by atoms with Crippen LogP contribution in [0.15, 0.2) is 42.5 Å². The molecule has 2 aliphatic rings. The first kappa shape index (κ1) is 20.4. The fraction of sp³-hybridized carbons (Fsp3) is 0.391. The number of aliphatic hydroxyl groups is 1. The second-order valence-electron chi connectivity index (χ2n) is 7.81. The highest BCUT2D eigenvalue weighted by molar-refractivity contribution is 5.94. The van der Waals surface area contributed by atoms with Crippen LogP contribution in [0.1, 0.15) is 34.3 Å². The Morgan fingerprint density at radius 1 is 1.23 bits per heavy atom. The molecule has 2 atom stereocenters. The Labute approximate surface area is 175 Å². The number of amides is 1. The molecular weight excluding hydrogens is 384 g/mol. The molecule has 2 heterocycles. The van der Waals surface area contributed by atoms with Gasteiger partial charge in [0, 0.05) is 31.7 Å². The number of nitrogens with one attached hydrogen (secondary N) is 1. The number of carbonyl (C=O) groups is 2. The van der Waals surface area contributed by atoms with Gasteiger partial charge in [-0.15, -0.1) is 0 Å². The van der Waals surface area contributed by atoms with Crippen molar-refractivity contribution in [3.8, 4) is 5.75 Å². The molecule has 1 amide bonds. The Kier molecular flexibility index (Phi) is 6.01. The van der Waals surface area contributed by atoms with Crippen LogP contribution in [0.4, 0.5) is 5.69 Å². The summed E-state index contributed by atoms with van der Waals surface area (Å²) < 4.78 is 10.9. The molecule has 2 aromatic rings. The van der Waals surface area contributed by atoms with Gasteiger partial charge in [-0.3, -0.25) is 9.69 Å². The van der Waals surface area contributed by atoms with Gasteiger partial charge < -0.3 is 19.9 Å². The number of β-amino-alcohol motifs (C(OH)–C–C–N with tert-alkyl or cyclic N) is 1. The molecule has 2 aliphatic heterocycles. The lowest BCUT2D eigenvalue weighted by atomic mass is 10.0. The van der Waals surface area contributed by atoms with Gasteiger partial charge in [-0.25, -0.2) is 4.79 Å². The lowest BCUT2D eigenvalue weighted by molar-refractivity contribution is -0.116.